The minimum atomic E-state index is -2.69. The van der Waals surface area contributed by atoms with Crippen LogP contribution in [0.5, 0.6) is 0 Å². The van der Waals surface area contributed by atoms with Crippen LogP contribution in [0.1, 0.15) is 62.8 Å². The smallest absolute Gasteiger partial charge is 0.251 e. The highest BCUT2D eigenvalue weighted by Crippen LogP contribution is 2.35. The standard InChI is InChI=1S/C21H27F2N5OS/c1-13-9-15(14(2)11-20(3,4)30(25)29)18-16(10-13)26-17(12-24)19(27-18)28-7-5-21(22,23)6-8-28/h9-10,14H,5-8,11,25H2,1-4H3/t14-,30?/m1/s1. The summed E-state index contributed by atoms with van der Waals surface area (Å²) in [6.45, 7) is 7.92. The van der Waals surface area contributed by atoms with Gasteiger partial charge in [0.05, 0.1) is 26.8 Å². The van der Waals surface area contributed by atoms with Crippen LogP contribution in [0.4, 0.5) is 14.6 Å². The van der Waals surface area contributed by atoms with E-state index in [2.05, 4.69) is 11.1 Å². The second kappa shape index (κ2) is 8.16. The molecule has 0 spiro atoms. The molecule has 0 bridgehead atoms. The predicted octanol–water partition coefficient (Wildman–Crippen LogP) is 3.94. The lowest BCUT2D eigenvalue weighted by Gasteiger charge is -2.33. The van der Waals surface area contributed by atoms with Crippen LogP contribution in [0.3, 0.4) is 0 Å². The van der Waals surface area contributed by atoms with Gasteiger partial charge >= 0.3 is 0 Å². The largest absolute Gasteiger partial charge is 0.354 e. The zero-order chi connectivity index (χ0) is 22.3. The summed E-state index contributed by atoms with van der Waals surface area (Å²) >= 11 is 0. The van der Waals surface area contributed by atoms with Crippen LogP contribution >= 0.6 is 0 Å². The van der Waals surface area contributed by atoms with Crippen molar-refractivity contribution >= 4 is 27.8 Å². The van der Waals surface area contributed by atoms with E-state index in [1.54, 1.807) is 4.90 Å². The van der Waals surface area contributed by atoms with E-state index in [-0.39, 0.29) is 37.5 Å². The van der Waals surface area contributed by atoms with E-state index in [9.17, 15) is 18.3 Å². The number of aryl methyl sites for hydroxylation is 1. The monoisotopic (exact) mass is 435 g/mol. The Kier molecular flexibility index (Phi) is 6.12. The number of piperidine rings is 1. The molecule has 6 nitrogen and oxygen atoms in total. The highest BCUT2D eigenvalue weighted by molar-refractivity contribution is 7.84. The number of hydrogen-bond acceptors (Lipinski definition) is 5. The number of alkyl halides is 2. The molecular formula is C21H27F2N5OS. The van der Waals surface area contributed by atoms with Gasteiger partial charge in [0, 0.05) is 25.9 Å². The van der Waals surface area contributed by atoms with E-state index in [0.717, 1.165) is 11.1 Å². The molecule has 0 saturated carbocycles. The number of hydrogen-bond donors (Lipinski definition) is 1. The van der Waals surface area contributed by atoms with Crippen molar-refractivity contribution in [2.24, 2.45) is 5.14 Å². The van der Waals surface area contributed by atoms with Gasteiger partial charge in [-0.3, -0.25) is 5.14 Å². The van der Waals surface area contributed by atoms with Crippen molar-refractivity contribution in [1.82, 2.24) is 9.97 Å². The van der Waals surface area contributed by atoms with E-state index >= 15 is 0 Å². The summed E-state index contributed by atoms with van der Waals surface area (Å²) < 4.78 is 38.5. The van der Waals surface area contributed by atoms with Gasteiger partial charge in [0.1, 0.15) is 6.07 Å². The van der Waals surface area contributed by atoms with E-state index in [4.69, 9.17) is 10.1 Å². The maximum Gasteiger partial charge on any atom is 0.251 e. The lowest BCUT2D eigenvalue weighted by molar-refractivity contribution is -0.0221. The zero-order valence-electron chi connectivity index (χ0n) is 17.7. The third kappa shape index (κ3) is 4.60. The van der Waals surface area contributed by atoms with E-state index in [1.807, 2.05) is 39.8 Å². The number of fused-ring (bicyclic) bond motifs is 1. The molecule has 0 aliphatic carbocycles. The maximum absolute atomic E-state index is 13.6. The fourth-order valence-corrected chi connectivity index (χ4v) is 4.38. The van der Waals surface area contributed by atoms with Crippen LogP contribution in [-0.2, 0) is 11.0 Å². The molecule has 3 rings (SSSR count). The molecule has 30 heavy (non-hydrogen) atoms. The van der Waals surface area contributed by atoms with E-state index in [1.165, 1.54) is 0 Å². The molecular weight excluding hydrogens is 408 g/mol. The third-order valence-corrected chi connectivity index (χ3v) is 6.96. The minimum Gasteiger partial charge on any atom is -0.354 e. The van der Waals surface area contributed by atoms with Gasteiger partial charge in [-0.2, -0.15) is 5.26 Å². The van der Waals surface area contributed by atoms with Crippen LogP contribution in [0.2, 0.25) is 0 Å². The third-order valence-electron chi connectivity index (χ3n) is 5.70. The summed E-state index contributed by atoms with van der Waals surface area (Å²) in [5, 5.41) is 15.3. The van der Waals surface area contributed by atoms with Crippen LogP contribution in [0, 0.1) is 18.3 Å². The molecule has 2 heterocycles. The topological polar surface area (TPSA) is 95.9 Å². The highest BCUT2D eigenvalue weighted by atomic mass is 32.2. The number of nitrogens with two attached hydrogens (primary N) is 1. The Morgan fingerprint density at radius 3 is 2.53 bits per heavy atom. The van der Waals surface area contributed by atoms with Crippen LogP contribution in [-0.4, -0.2) is 37.9 Å². The second-order valence-corrected chi connectivity index (χ2v) is 10.4. The van der Waals surface area contributed by atoms with Crippen molar-refractivity contribution in [1.29, 1.82) is 5.26 Å². The minimum absolute atomic E-state index is 0.0179. The molecule has 1 aliphatic rings. The number of halogens is 2. The Morgan fingerprint density at radius 2 is 1.97 bits per heavy atom. The van der Waals surface area contributed by atoms with Gasteiger partial charge in [-0.1, -0.05) is 13.0 Å². The molecule has 1 aromatic heterocycles. The summed E-state index contributed by atoms with van der Waals surface area (Å²) in [5.74, 6) is -2.36. The average Bonchev–Trinajstić information content (AvgIpc) is 2.66. The first-order valence-corrected chi connectivity index (χ1v) is 11.2. The van der Waals surface area contributed by atoms with Crippen LogP contribution in [0.15, 0.2) is 12.1 Å². The maximum atomic E-state index is 13.6. The lowest BCUT2D eigenvalue weighted by Crippen LogP contribution is -2.40. The van der Waals surface area contributed by atoms with E-state index < -0.39 is 21.7 Å². The quantitative estimate of drug-likeness (QED) is 0.767. The molecule has 0 radical (unpaired) electrons. The second-order valence-electron chi connectivity index (χ2n) is 8.73. The normalized spacial score (nSPS) is 18.8. The van der Waals surface area contributed by atoms with Crippen molar-refractivity contribution in [2.45, 2.75) is 63.5 Å². The van der Waals surface area contributed by atoms with Gasteiger partial charge in [-0.05, 0) is 50.3 Å². The van der Waals surface area contributed by atoms with Crippen molar-refractivity contribution in [2.75, 3.05) is 18.0 Å². The summed E-state index contributed by atoms with van der Waals surface area (Å²) in [6, 6.07) is 5.94. The molecule has 2 aromatic rings. The molecule has 9 heteroatoms. The molecule has 162 valence electrons. The SMILES string of the molecule is Cc1cc([C@H](C)CC(C)(C)S(N)=O)c2nc(N3CCC(F)(F)CC3)c(C#N)nc2c1. The Labute approximate surface area is 178 Å². The van der Waals surface area contributed by atoms with Gasteiger partial charge in [0.15, 0.2) is 11.5 Å². The summed E-state index contributed by atoms with van der Waals surface area (Å²) in [6.07, 6.45) is 0.0259. The summed E-state index contributed by atoms with van der Waals surface area (Å²) in [4.78, 5) is 11.0. The van der Waals surface area contributed by atoms with Gasteiger partial charge in [0.2, 0.25) is 0 Å². The zero-order valence-corrected chi connectivity index (χ0v) is 18.5. The van der Waals surface area contributed by atoms with Crippen LogP contribution in [0.25, 0.3) is 11.0 Å². The van der Waals surface area contributed by atoms with Crippen molar-refractivity contribution < 1.29 is 13.0 Å². The number of nitrogens with zero attached hydrogens (tertiary/aromatic N) is 4. The Morgan fingerprint density at radius 1 is 1.33 bits per heavy atom. The number of aromatic nitrogens is 2. The Balaban J connectivity index is 2.08. The summed E-state index contributed by atoms with van der Waals surface area (Å²) in [5.41, 5.74) is 3.26. The lowest BCUT2D eigenvalue weighted by atomic mass is 9.89. The molecule has 1 aliphatic heterocycles. The van der Waals surface area contributed by atoms with Crippen molar-refractivity contribution in [3.8, 4) is 6.07 Å². The Hall–Kier alpha value is -2.18. The predicted molar refractivity (Wildman–Crippen MR) is 115 cm³/mol. The number of benzene rings is 1. The van der Waals surface area contributed by atoms with Gasteiger partial charge in [0.25, 0.3) is 5.92 Å². The molecule has 2 N–H and O–H groups in total. The number of rotatable bonds is 5. The number of nitriles is 1. The first-order chi connectivity index (χ1) is 13.9. The average molecular weight is 436 g/mol. The molecule has 2 atom stereocenters. The van der Waals surface area contributed by atoms with Crippen LogP contribution < -0.4 is 10.0 Å². The molecule has 1 fully saturated rings. The number of anilines is 1. The van der Waals surface area contributed by atoms with Crippen molar-refractivity contribution in [3.63, 3.8) is 0 Å². The van der Waals surface area contributed by atoms with E-state index in [0.29, 0.717) is 23.3 Å². The molecule has 1 unspecified atom stereocenters. The fourth-order valence-electron chi connectivity index (χ4n) is 3.97. The first kappa shape index (κ1) is 22.5. The fraction of sp³-hybridized carbons (Fsp3) is 0.571. The molecule has 0 amide bonds. The molecule has 1 saturated heterocycles. The molecule has 1 aromatic carbocycles. The van der Waals surface area contributed by atoms with Crippen molar-refractivity contribution in [3.05, 3.63) is 29.0 Å². The van der Waals surface area contributed by atoms with Gasteiger partial charge in [-0.25, -0.2) is 23.0 Å². The summed E-state index contributed by atoms with van der Waals surface area (Å²) in [7, 11) is -1.49. The van der Waals surface area contributed by atoms with Gasteiger partial charge < -0.3 is 4.90 Å². The van der Waals surface area contributed by atoms with Gasteiger partial charge in [-0.15, -0.1) is 0 Å². The Bertz CT molecular complexity index is 1020. The highest BCUT2D eigenvalue weighted by Gasteiger charge is 2.35. The first-order valence-electron chi connectivity index (χ1n) is 9.95.